The molecule has 0 heterocycles. The first-order valence-corrected chi connectivity index (χ1v) is 5.48. The molecule has 0 spiro atoms. The van der Waals surface area contributed by atoms with Crippen molar-refractivity contribution in [1.29, 1.82) is 0 Å². The maximum Gasteiger partial charge on any atom is 0.326 e. The van der Waals surface area contributed by atoms with Crippen molar-refractivity contribution in [2.24, 2.45) is 0 Å². The van der Waals surface area contributed by atoms with Crippen LogP contribution < -0.4 is 0 Å². The van der Waals surface area contributed by atoms with Gasteiger partial charge in [0.05, 0.1) is 0 Å². The molecule has 1 unspecified atom stereocenters. The van der Waals surface area contributed by atoms with Gasteiger partial charge in [0.1, 0.15) is 6.04 Å². The van der Waals surface area contributed by atoms with Crippen LogP contribution >= 0.6 is 11.6 Å². The van der Waals surface area contributed by atoms with E-state index in [2.05, 4.69) is 0 Å². The van der Waals surface area contributed by atoms with E-state index in [-0.39, 0.29) is 5.91 Å². The molecular weight excluding hydrogens is 242 g/mol. The van der Waals surface area contributed by atoms with Crippen LogP contribution in [0.3, 0.4) is 0 Å². The lowest BCUT2D eigenvalue weighted by Gasteiger charge is -2.21. The summed E-state index contributed by atoms with van der Waals surface area (Å²) in [6.07, 6.45) is 0. The molecule has 17 heavy (non-hydrogen) atoms. The molecule has 1 N–H and O–H groups in total. The number of aliphatic carboxylic acids is 1. The fourth-order valence-electron chi connectivity index (χ4n) is 1.32. The topological polar surface area (TPSA) is 57.6 Å². The van der Waals surface area contributed by atoms with Crippen LogP contribution in [0.15, 0.2) is 18.2 Å². The van der Waals surface area contributed by atoms with Gasteiger partial charge in [-0.1, -0.05) is 11.6 Å². The third-order valence-electron chi connectivity index (χ3n) is 2.66. The molecule has 92 valence electrons. The highest BCUT2D eigenvalue weighted by Gasteiger charge is 2.22. The second-order valence-electron chi connectivity index (χ2n) is 3.89. The molecule has 0 aliphatic rings. The van der Waals surface area contributed by atoms with Gasteiger partial charge in [-0.3, -0.25) is 4.79 Å². The SMILES string of the molecule is Cc1cc(C(=O)N(C)C(C)C(=O)O)ccc1Cl. The van der Waals surface area contributed by atoms with Crippen molar-refractivity contribution in [1.82, 2.24) is 4.90 Å². The third-order valence-corrected chi connectivity index (χ3v) is 3.09. The van der Waals surface area contributed by atoms with Gasteiger partial charge in [-0.05, 0) is 37.6 Å². The smallest absolute Gasteiger partial charge is 0.326 e. The molecule has 0 saturated heterocycles. The fraction of sp³-hybridized carbons (Fsp3) is 0.333. The van der Waals surface area contributed by atoms with E-state index in [1.165, 1.54) is 18.9 Å². The average molecular weight is 256 g/mol. The van der Waals surface area contributed by atoms with Crippen molar-refractivity contribution in [3.05, 3.63) is 34.3 Å². The van der Waals surface area contributed by atoms with E-state index in [9.17, 15) is 9.59 Å². The Balaban J connectivity index is 2.96. The highest BCUT2D eigenvalue weighted by Crippen LogP contribution is 2.17. The summed E-state index contributed by atoms with van der Waals surface area (Å²) in [6.45, 7) is 3.25. The van der Waals surface area contributed by atoms with Crippen LogP contribution in [0.25, 0.3) is 0 Å². The number of rotatable bonds is 3. The van der Waals surface area contributed by atoms with Crippen LogP contribution in [0.2, 0.25) is 5.02 Å². The quantitative estimate of drug-likeness (QED) is 0.901. The number of carbonyl (C=O) groups is 2. The van der Waals surface area contributed by atoms with Crippen LogP contribution in [-0.2, 0) is 4.79 Å². The molecule has 0 aliphatic heterocycles. The molecule has 4 nitrogen and oxygen atoms in total. The van der Waals surface area contributed by atoms with Crippen molar-refractivity contribution >= 4 is 23.5 Å². The summed E-state index contributed by atoms with van der Waals surface area (Å²) in [5, 5.41) is 9.41. The number of carbonyl (C=O) groups excluding carboxylic acids is 1. The molecule has 0 radical (unpaired) electrons. The molecule has 0 aliphatic carbocycles. The van der Waals surface area contributed by atoms with Gasteiger partial charge in [0.15, 0.2) is 0 Å². The lowest BCUT2D eigenvalue weighted by molar-refractivity contribution is -0.141. The average Bonchev–Trinajstić information content (AvgIpc) is 2.29. The van der Waals surface area contributed by atoms with E-state index in [4.69, 9.17) is 16.7 Å². The van der Waals surface area contributed by atoms with Gasteiger partial charge >= 0.3 is 5.97 Å². The molecule has 0 aromatic heterocycles. The number of hydrogen-bond donors (Lipinski definition) is 1. The van der Waals surface area contributed by atoms with Gasteiger partial charge in [-0.2, -0.15) is 0 Å². The van der Waals surface area contributed by atoms with Crippen LogP contribution in [0.4, 0.5) is 0 Å². The number of aryl methyl sites for hydroxylation is 1. The van der Waals surface area contributed by atoms with Crippen molar-refractivity contribution in [2.45, 2.75) is 19.9 Å². The Morgan fingerprint density at radius 3 is 2.47 bits per heavy atom. The Bertz CT molecular complexity index is 459. The van der Waals surface area contributed by atoms with Crippen molar-refractivity contribution in [3.8, 4) is 0 Å². The summed E-state index contributed by atoms with van der Waals surface area (Å²) in [7, 11) is 1.46. The van der Waals surface area contributed by atoms with Crippen LogP contribution in [-0.4, -0.2) is 35.0 Å². The number of hydrogen-bond acceptors (Lipinski definition) is 2. The number of halogens is 1. The molecule has 1 aromatic rings. The molecular formula is C12H14ClNO3. The number of likely N-dealkylation sites (N-methyl/N-ethyl adjacent to an activating group) is 1. The van der Waals surface area contributed by atoms with Gasteiger partial charge in [0.25, 0.3) is 5.91 Å². The van der Waals surface area contributed by atoms with Crippen LogP contribution in [0.1, 0.15) is 22.8 Å². The predicted octanol–water partition coefficient (Wildman–Crippen LogP) is 2.19. The lowest BCUT2D eigenvalue weighted by atomic mass is 10.1. The minimum atomic E-state index is -1.04. The summed E-state index contributed by atoms with van der Waals surface area (Å²) < 4.78 is 0. The fourth-order valence-corrected chi connectivity index (χ4v) is 1.44. The van der Waals surface area contributed by atoms with Gasteiger partial charge in [0, 0.05) is 17.6 Å². The predicted molar refractivity (Wildman–Crippen MR) is 65.4 cm³/mol. The molecule has 1 aromatic carbocycles. The zero-order valence-electron chi connectivity index (χ0n) is 9.90. The molecule has 0 bridgehead atoms. The van der Waals surface area contributed by atoms with Gasteiger partial charge < -0.3 is 10.0 Å². The van der Waals surface area contributed by atoms with Gasteiger partial charge in [0.2, 0.25) is 0 Å². The van der Waals surface area contributed by atoms with Crippen LogP contribution in [0, 0.1) is 6.92 Å². The zero-order chi connectivity index (χ0) is 13.2. The molecule has 0 saturated carbocycles. The van der Waals surface area contributed by atoms with E-state index in [1.54, 1.807) is 25.1 Å². The second kappa shape index (κ2) is 5.19. The summed E-state index contributed by atoms with van der Waals surface area (Å²) in [5.41, 5.74) is 1.22. The number of benzene rings is 1. The van der Waals surface area contributed by atoms with E-state index < -0.39 is 12.0 Å². The first-order chi connectivity index (χ1) is 7.84. The van der Waals surface area contributed by atoms with Gasteiger partial charge in [-0.25, -0.2) is 4.79 Å². The molecule has 0 fully saturated rings. The maximum absolute atomic E-state index is 12.0. The number of nitrogens with zero attached hydrogens (tertiary/aromatic N) is 1. The normalized spacial score (nSPS) is 12.0. The standard InChI is InChI=1S/C12H14ClNO3/c1-7-6-9(4-5-10(7)13)11(15)14(3)8(2)12(16)17/h4-6,8H,1-3H3,(H,16,17). The molecule has 1 atom stereocenters. The van der Waals surface area contributed by atoms with E-state index in [0.29, 0.717) is 10.6 Å². The number of carboxylic acids is 1. The van der Waals surface area contributed by atoms with Crippen molar-refractivity contribution in [2.75, 3.05) is 7.05 Å². The largest absolute Gasteiger partial charge is 0.480 e. The minimum absolute atomic E-state index is 0.334. The maximum atomic E-state index is 12.0. The first kappa shape index (κ1) is 13.5. The molecule has 5 heteroatoms. The Kier molecular flexibility index (Phi) is 4.12. The summed E-state index contributed by atoms with van der Waals surface area (Å²) in [6, 6.07) is 4.00. The summed E-state index contributed by atoms with van der Waals surface area (Å²) in [4.78, 5) is 23.9. The Morgan fingerprint density at radius 1 is 1.41 bits per heavy atom. The molecule has 1 rings (SSSR count). The highest BCUT2D eigenvalue weighted by atomic mass is 35.5. The Labute approximate surface area is 105 Å². The second-order valence-corrected chi connectivity index (χ2v) is 4.30. The monoisotopic (exact) mass is 255 g/mol. The lowest BCUT2D eigenvalue weighted by Crippen LogP contribution is -2.40. The zero-order valence-corrected chi connectivity index (χ0v) is 10.7. The first-order valence-electron chi connectivity index (χ1n) is 5.10. The van der Waals surface area contributed by atoms with Gasteiger partial charge in [-0.15, -0.1) is 0 Å². The number of carboxylic acid groups (broad SMARTS) is 1. The van der Waals surface area contributed by atoms with E-state index in [1.807, 2.05) is 0 Å². The van der Waals surface area contributed by atoms with Crippen molar-refractivity contribution < 1.29 is 14.7 Å². The Hall–Kier alpha value is -1.55. The molecule has 1 amide bonds. The minimum Gasteiger partial charge on any atom is -0.480 e. The highest BCUT2D eigenvalue weighted by molar-refractivity contribution is 6.31. The summed E-state index contributed by atoms with van der Waals surface area (Å²) in [5.74, 6) is -1.37. The van der Waals surface area contributed by atoms with E-state index in [0.717, 1.165) is 5.56 Å². The van der Waals surface area contributed by atoms with Crippen molar-refractivity contribution in [3.63, 3.8) is 0 Å². The van der Waals surface area contributed by atoms with E-state index >= 15 is 0 Å². The third kappa shape index (κ3) is 2.97. The van der Waals surface area contributed by atoms with Crippen LogP contribution in [0.5, 0.6) is 0 Å². The summed E-state index contributed by atoms with van der Waals surface area (Å²) >= 11 is 5.86. The Morgan fingerprint density at radius 2 is 2.00 bits per heavy atom. The number of amides is 1.